The van der Waals surface area contributed by atoms with E-state index in [1.807, 2.05) is 6.92 Å². The van der Waals surface area contributed by atoms with Gasteiger partial charge < -0.3 is 15.2 Å². The molecule has 1 fully saturated rings. The van der Waals surface area contributed by atoms with Crippen molar-refractivity contribution in [2.45, 2.75) is 32.9 Å². The summed E-state index contributed by atoms with van der Waals surface area (Å²) in [4.78, 5) is 24.6. The minimum Gasteiger partial charge on any atom is -0.337 e. The van der Waals surface area contributed by atoms with Crippen molar-refractivity contribution in [2.24, 2.45) is 11.7 Å². The topological polar surface area (TPSA) is 94.4 Å². The van der Waals surface area contributed by atoms with Crippen LogP contribution < -0.4 is 5.73 Å². The fourth-order valence-electron chi connectivity index (χ4n) is 2.76. The summed E-state index contributed by atoms with van der Waals surface area (Å²) in [7, 11) is 0. The van der Waals surface area contributed by atoms with Gasteiger partial charge in [-0.1, -0.05) is 6.92 Å². The van der Waals surface area contributed by atoms with Crippen LogP contribution in [0.5, 0.6) is 0 Å². The minimum absolute atomic E-state index is 0.0253. The maximum atomic E-state index is 12.5. The lowest BCUT2D eigenvalue weighted by Crippen LogP contribution is -2.49. The Morgan fingerprint density at radius 2 is 2.25 bits per heavy atom. The SMILES string of the molecule is CCn1cc([N+](=O)[O-])cc1C(=O)N1CC(C)CC(N)C1. The molecule has 2 atom stereocenters. The number of nitro groups is 1. The van der Waals surface area contributed by atoms with Gasteiger partial charge in [0.2, 0.25) is 0 Å². The maximum absolute atomic E-state index is 12.5. The second kappa shape index (κ2) is 5.62. The molecule has 0 radical (unpaired) electrons. The third-order valence-corrected chi connectivity index (χ3v) is 3.63. The first-order valence-corrected chi connectivity index (χ1v) is 6.81. The standard InChI is InChI=1S/C13H20N4O3/c1-3-15-8-11(17(19)20)5-12(15)13(18)16-6-9(2)4-10(14)7-16/h5,8-10H,3-4,6-7,14H2,1-2H3. The van der Waals surface area contributed by atoms with E-state index in [1.165, 1.54) is 12.3 Å². The average molecular weight is 280 g/mol. The third kappa shape index (κ3) is 2.82. The number of amides is 1. The van der Waals surface area contributed by atoms with Crippen molar-refractivity contribution < 1.29 is 9.72 Å². The van der Waals surface area contributed by atoms with Crippen LogP contribution in [-0.2, 0) is 6.54 Å². The van der Waals surface area contributed by atoms with Gasteiger partial charge in [0.05, 0.1) is 11.1 Å². The molecule has 0 bridgehead atoms. The van der Waals surface area contributed by atoms with Crippen molar-refractivity contribution in [1.29, 1.82) is 0 Å². The molecule has 1 saturated heterocycles. The number of likely N-dealkylation sites (tertiary alicyclic amines) is 1. The number of hydrogen-bond acceptors (Lipinski definition) is 4. The number of aryl methyl sites for hydroxylation is 1. The molecule has 2 unspecified atom stereocenters. The Balaban J connectivity index is 2.26. The second-order valence-corrected chi connectivity index (χ2v) is 5.44. The van der Waals surface area contributed by atoms with Crippen LogP contribution in [-0.4, -0.2) is 39.4 Å². The number of carbonyl (C=O) groups excluding carboxylic acids is 1. The number of aromatic nitrogens is 1. The molecular formula is C13H20N4O3. The molecule has 1 aliphatic heterocycles. The molecule has 2 rings (SSSR count). The highest BCUT2D eigenvalue weighted by Crippen LogP contribution is 2.21. The average Bonchev–Trinajstić information content (AvgIpc) is 2.80. The van der Waals surface area contributed by atoms with Gasteiger partial charge in [-0.25, -0.2) is 0 Å². The van der Waals surface area contributed by atoms with E-state index in [4.69, 9.17) is 5.73 Å². The van der Waals surface area contributed by atoms with Crippen molar-refractivity contribution in [3.05, 3.63) is 28.1 Å². The van der Waals surface area contributed by atoms with E-state index >= 15 is 0 Å². The lowest BCUT2D eigenvalue weighted by molar-refractivity contribution is -0.384. The summed E-state index contributed by atoms with van der Waals surface area (Å²) in [6, 6.07) is 1.32. The molecule has 1 aromatic heterocycles. The summed E-state index contributed by atoms with van der Waals surface area (Å²) in [6.45, 7) is 5.58. The molecule has 0 aromatic carbocycles. The lowest BCUT2D eigenvalue weighted by Gasteiger charge is -2.34. The number of rotatable bonds is 3. The summed E-state index contributed by atoms with van der Waals surface area (Å²) < 4.78 is 1.62. The van der Waals surface area contributed by atoms with Crippen molar-refractivity contribution in [2.75, 3.05) is 13.1 Å². The van der Waals surface area contributed by atoms with E-state index in [9.17, 15) is 14.9 Å². The molecule has 2 N–H and O–H groups in total. The summed E-state index contributed by atoms with van der Waals surface area (Å²) >= 11 is 0. The Morgan fingerprint density at radius 1 is 1.55 bits per heavy atom. The molecule has 0 spiro atoms. The van der Waals surface area contributed by atoms with Gasteiger partial charge in [0.15, 0.2) is 0 Å². The first-order valence-electron chi connectivity index (χ1n) is 6.81. The van der Waals surface area contributed by atoms with Gasteiger partial charge >= 0.3 is 0 Å². The molecule has 110 valence electrons. The molecule has 1 aliphatic rings. The molecule has 0 saturated carbocycles. The van der Waals surface area contributed by atoms with Gasteiger partial charge in [-0.05, 0) is 19.3 Å². The molecule has 1 amide bonds. The maximum Gasteiger partial charge on any atom is 0.287 e. The van der Waals surface area contributed by atoms with Crippen LogP contribution >= 0.6 is 0 Å². The zero-order valence-electron chi connectivity index (χ0n) is 11.8. The summed E-state index contributed by atoms with van der Waals surface area (Å²) in [5, 5.41) is 10.8. The highest BCUT2D eigenvalue weighted by molar-refractivity contribution is 5.93. The summed E-state index contributed by atoms with van der Waals surface area (Å²) in [5.41, 5.74) is 6.26. The normalized spacial score (nSPS) is 22.9. The van der Waals surface area contributed by atoms with Crippen molar-refractivity contribution >= 4 is 11.6 Å². The fourth-order valence-corrected chi connectivity index (χ4v) is 2.76. The van der Waals surface area contributed by atoms with Gasteiger partial charge in [-0.3, -0.25) is 14.9 Å². The Bertz CT molecular complexity index is 516. The highest BCUT2D eigenvalue weighted by Gasteiger charge is 2.29. The molecule has 1 aromatic rings. The minimum atomic E-state index is -0.479. The second-order valence-electron chi connectivity index (χ2n) is 5.44. The van der Waals surface area contributed by atoms with E-state index in [1.54, 1.807) is 9.47 Å². The number of piperidine rings is 1. The molecule has 20 heavy (non-hydrogen) atoms. The summed E-state index contributed by atoms with van der Waals surface area (Å²) in [5.74, 6) is 0.171. The lowest BCUT2D eigenvalue weighted by atomic mass is 9.96. The Morgan fingerprint density at radius 3 is 2.80 bits per heavy atom. The first kappa shape index (κ1) is 14.5. The largest absolute Gasteiger partial charge is 0.337 e. The van der Waals surface area contributed by atoms with Crippen LogP contribution in [0.25, 0.3) is 0 Å². The Labute approximate surface area is 117 Å². The predicted molar refractivity (Wildman–Crippen MR) is 74.4 cm³/mol. The summed E-state index contributed by atoms with van der Waals surface area (Å²) in [6.07, 6.45) is 2.30. The number of nitrogens with zero attached hydrogens (tertiary/aromatic N) is 3. The van der Waals surface area contributed by atoms with Crippen LogP contribution in [0.4, 0.5) is 5.69 Å². The van der Waals surface area contributed by atoms with Gasteiger partial charge in [0, 0.05) is 31.7 Å². The molecular weight excluding hydrogens is 260 g/mol. The Hall–Kier alpha value is -1.89. The Kier molecular flexibility index (Phi) is 4.08. The van der Waals surface area contributed by atoms with E-state index < -0.39 is 4.92 Å². The van der Waals surface area contributed by atoms with Crippen LogP contribution in [0.2, 0.25) is 0 Å². The smallest absolute Gasteiger partial charge is 0.287 e. The van der Waals surface area contributed by atoms with Crippen molar-refractivity contribution in [3.63, 3.8) is 0 Å². The third-order valence-electron chi connectivity index (χ3n) is 3.63. The zero-order chi connectivity index (χ0) is 14.9. The van der Waals surface area contributed by atoms with E-state index in [0.717, 1.165) is 6.42 Å². The number of hydrogen-bond donors (Lipinski definition) is 1. The van der Waals surface area contributed by atoms with Gasteiger partial charge in [0.25, 0.3) is 11.6 Å². The van der Waals surface area contributed by atoms with Crippen LogP contribution in [0, 0.1) is 16.0 Å². The monoisotopic (exact) mass is 280 g/mol. The van der Waals surface area contributed by atoms with Gasteiger partial charge in [-0.15, -0.1) is 0 Å². The highest BCUT2D eigenvalue weighted by atomic mass is 16.6. The predicted octanol–water partition coefficient (Wildman–Crippen LogP) is 1.23. The van der Waals surface area contributed by atoms with Crippen LogP contribution in [0.1, 0.15) is 30.8 Å². The van der Waals surface area contributed by atoms with Gasteiger partial charge in [-0.2, -0.15) is 0 Å². The fraction of sp³-hybridized carbons (Fsp3) is 0.615. The quantitative estimate of drug-likeness (QED) is 0.665. The van der Waals surface area contributed by atoms with Crippen molar-refractivity contribution in [1.82, 2.24) is 9.47 Å². The number of nitrogens with two attached hydrogens (primary N) is 1. The van der Waals surface area contributed by atoms with Crippen LogP contribution in [0.3, 0.4) is 0 Å². The molecule has 7 nitrogen and oxygen atoms in total. The van der Waals surface area contributed by atoms with Crippen molar-refractivity contribution in [3.8, 4) is 0 Å². The molecule has 0 aliphatic carbocycles. The number of carbonyl (C=O) groups is 1. The molecule has 7 heteroatoms. The van der Waals surface area contributed by atoms with Crippen LogP contribution in [0.15, 0.2) is 12.3 Å². The van der Waals surface area contributed by atoms with Gasteiger partial charge in [0.1, 0.15) is 5.69 Å². The first-order chi connectivity index (χ1) is 9.42. The van der Waals surface area contributed by atoms with E-state index in [-0.39, 0.29) is 17.6 Å². The zero-order valence-corrected chi connectivity index (χ0v) is 11.8. The van der Waals surface area contributed by atoms with E-state index in [2.05, 4.69) is 6.92 Å². The molecule has 2 heterocycles. The van der Waals surface area contributed by atoms with E-state index in [0.29, 0.717) is 31.2 Å².